The van der Waals surface area contributed by atoms with Crippen LogP contribution in [0.1, 0.15) is 25.3 Å². The molecule has 0 bridgehead atoms. The van der Waals surface area contributed by atoms with Crippen molar-refractivity contribution in [2.75, 3.05) is 19.6 Å². The molecule has 1 aromatic heterocycles. The molecule has 0 unspecified atom stereocenters. The van der Waals surface area contributed by atoms with E-state index in [1.165, 1.54) is 11.9 Å². The van der Waals surface area contributed by atoms with Gasteiger partial charge in [-0.05, 0) is 23.8 Å². The lowest BCUT2D eigenvalue weighted by Crippen LogP contribution is -3.13. The van der Waals surface area contributed by atoms with Crippen molar-refractivity contribution in [3.63, 3.8) is 0 Å². The fraction of sp³-hybridized carbons (Fsp3) is 0.381. The molecule has 1 fully saturated rings. The molecule has 1 aliphatic heterocycles. The zero-order valence-electron chi connectivity index (χ0n) is 14.7. The summed E-state index contributed by atoms with van der Waals surface area (Å²) >= 11 is 0. The van der Waals surface area contributed by atoms with Gasteiger partial charge >= 0.3 is 0 Å². The lowest BCUT2D eigenvalue weighted by atomic mass is 10.0. The first kappa shape index (κ1) is 16.2. The van der Waals surface area contributed by atoms with Crippen molar-refractivity contribution in [2.45, 2.75) is 32.2 Å². The first-order chi connectivity index (χ1) is 12.2. The van der Waals surface area contributed by atoms with Crippen LogP contribution < -0.4 is 10.2 Å². The van der Waals surface area contributed by atoms with Crippen LogP contribution in [0.4, 0.5) is 0 Å². The van der Waals surface area contributed by atoms with E-state index in [-0.39, 0.29) is 5.91 Å². The fourth-order valence-corrected chi connectivity index (χ4v) is 3.98. The Hall–Kier alpha value is -2.33. The zero-order chi connectivity index (χ0) is 17.2. The van der Waals surface area contributed by atoms with Crippen LogP contribution in [0, 0.1) is 0 Å². The highest BCUT2D eigenvalue weighted by atomic mass is 16.3. The molecule has 130 valence electrons. The molecule has 0 radical (unpaired) electrons. The van der Waals surface area contributed by atoms with Gasteiger partial charge in [0.15, 0.2) is 0 Å². The molecule has 0 saturated carbocycles. The van der Waals surface area contributed by atoms with E-state index in [1.54, 1.807) is 11.2 Å². The number of hydrogen-bond acceptors (Lipinski definition) is 2. The van der Waals surface area contributed by atoms with Gasteiger partial charge in [-0.1, -0.05) is 30.3 Å². The predicted octanol–water partition coefficient (Wildman–Crippen LogP) is 2.31. The first-order valence-electron chi connectivity index (χ1n) is 9.25. The number of furan rings is 1. The molecule has 4 rings (SSSR count). The first-order valence-corrected chi connectivity index (χ1v) is 9.25. The molecular formula is C21H25N2O2+. The van der Waals surface area contributed by atoms with Gasteiger partial charge < -0.3 is 14.6 Å². The molecule has 1 saturated heterocycles. The van der Waals surface area contributed by atoms with Crippen LogP contribution in [-0.2, 0) is 11.2 Å². The summed E-state index contributed by atoms with van der Waals surface area (Å²) < 4.78 is 5.69. The van der Waals surface area contributed by atoms with Crippen molar-refractivity contribution in [2.24, 2.45) is 0 Å². The Balaban J connectivity index is 1.51. The van der Waals surface area contributed by atoms with Gasteiger partial charge in [-0.2, -0.15) is 0 Å². The van der Waals surface area contributed by atoms with Crippen LogP contribution in [0.25, 0.3) is 21.7 Å². The third kappa shape index (κ3) is 3.27. The van der Waals surface area contributed by atoms with Crippen LogP contribution in [0.15, 0.2) is 47.1 Å². The minimum absolute atomic E-state index is 0.0978. The summed E-state index contributed by atoms with van der Waals surface area (Å²) in [5, 5.41) is 6.61. The van der Waals surface area contributed by atoms with Crippen LogP contribution >= 0.6 is 0 Å². The number of amides is 1. The maximum absolute atomic E-state index is 12.5. The molecule has 2 heterocycles. The van der Waals surface area contributed by atoms with Crippen molar-refractivity contribution in [1.29, 1.82) is 0 Å². The quantitative estimate of drug-likeness (QED) is 0.767. The van der Waals surface area contributed by atoms with E-state index < -0.39 is 0 Å². The van der Waals surface area contributed by atoms with Gasteiger partial charge in [0.05, 0.1) is 32.3 Å². The van der Waals surface area contributed by atoms with Crippen molar-refractivity contribution in [3.8, 4) is 0 Å². The molecule has 4 heteroatoms. The second kappa shape index (κ2) is 6.89. The van der Waals surface area contributed by atoms with Crippen LogP contribution in [0.2, 0.25) is 0 Å². The van der Waals surface area contributed by atoms with E-state index in [2.05, 4.69) is 30.4 Å². The lowest BCUT2D eigenvalue weighted by Gasteiger charge is -2.28. The second-order valence-electron chi connectivity index (χ2n) is 7.04. The molecule has 3 aromatic rings. The smallest absolute Gasteiger partial charge is 0.224 e. The number of benzene rings is 2. The van der Waals surface area contributed by atoms with Gasteiger partial charge in [-0.15, -0.1) is 0 Å². The molecule has 0 spiro atoms. The van der Waals surface area contributed by atoms with Crippen LogP contribution in [0.3, 0.4) is 0 Å². The Kier molecular flexibility index (Phi) is 4.45. The number of nitrogens with one attached hydrogen (secondary N) is 2. The lowest BCUT2D eigenvalue weighted by molar-refractivity contribution is -0.903. The number of carbonyl (C=O) groups excluding carboxylic acids is 1. The minimum Gasteiger partial charge on any atom is -0.464 e. The van der Waals surface area contributed by atoms with Crippen molar-refractivity contribution in [1.82, 2.24) is 5.32 Å². The summed E-state index contributed by atoms with van der Waals surface area (Å²) in [6.45, 7) is 5.71. The molecule has 2 N–H and O–H groups in total. The number of likely N-dealkylation sites (tertiary alicyclic amines) is 1. The topological polar surface area (TPSA) is 46.7 Å². The summed E-state index contributed by atoms with van der Waals surface area (Å²) in [7, 11) is 0. The number of piperidine rings is 1. The van der Waals surface area contributed by atoms with Crippen molar-refractivity contribution >= 4 is 27.6 Å². The third-order valence-corrected chi connectivity index (χ3v) is 5.45. The summed E-state index contributed by atoms with van der Waals surface area (Å²) in [6, 6.07) is 12.6. The van der Waals surface area contributed by atoms with Gasteiger partial charge in [0, 0.05) is 29.8 Å². The summed E-state index contributed by atoms with van der Waals surface area (Å²) in [5.41, 5.74) is 1.82. The maximum atomic E-state index is 12.5. The maximum Gasteiger partial charge on any atom is 0.224 e. The Morgan fingerprint density at radius 3 is 2.80 bits per heavy atom. The second-order valence-corrected chi connectivity index (χ2v) is 7.04. The number of quaternary nitrogens is 1. The molecular weight excluding hydrogens is 312 g/mol. The average molecular weight is 337 g/mol. The third-order valence-electron chi connectivity index (χ3n) is 5.45. The van der Waals surface area contributed by atoms with Gasteiger partial charge in [0.25, 0.3) is 0 Å². The standard InChI is InChI=1S/C21H24N2O2/c1-2-23-11-9-17(10-12-23)22-20(24)13-16-14-25-19-8-7-15-5-3-4-6-18(15)21(16)19/h3-8,14,17H,2,9-13H2,1H3,(H,22,24)/p+1. The Bertz CT molecular complexity index is 891. The average Bonchev–Trinajstić information content (AvgIpc) is 3.05. The van der Waals surface area contributed by atoms with E-state index in [0.717, 1.165) is 47.9 Å². The highest BCUT2D eigenvalue weighted by Crippen LogP contribution is 2.30. The number of rotatable bonds is 4. The van der Waals surface area contributed by atoms with E-state index in [0.29, 0.717) is 12.5 Å². The molecule has 25 heavy (non-hydrogen) atoms. The van der Waals surface area contributed by atoms with Gasteiger partial charge in [0.1, 0.15) is 5.58 Å². The largest absolute Gasteiger partial charge is 0.464 e. The van der Waals surface area contributed by atoms with Gasteiger partial charge in [-0.25, -0.2) is 0 Å². The molecule has 4 nitrogen and oxygen atoms in total. The van der Waals surface area contributed by atoms with E-state index in [1.807, 2.05) is 18.2 Å². The minimum atomic E-state index is 0.0978. The SMILES string of the molecule is CC[NH+]1CCC(NC(=O)Cc2coc3ccc4ccccc4c23)CC1. The highest BCUT2D eigenvalue weighted by molar-refractivity contribution is 6.08. The summed E-state index contributed by atoms with van der Waals surface area (Å²) in [5.74, 6) is 0.0978. The zero-order valence-corrected chi connectivity index (χ0v) is 14.7. The summed E-state index contributed by atoms with van der Waals surface area (Å²) in [6.07, 6.45) is 4.26. The van der Waals surface area contributed by atoms with Crippen molar-refractivity contribution in [3.05, 3.63) is 48.2 Å². The molecule has 1 amide bonds. The monoisotopic (exact) mass is 337 g/mol. The molecule has 2 aromatic carbocycles. The fourth-order valence-electron chi connectivity index (χ4n) is 3.98. The Morgan fingerprint density at radius 1 is 1.20 bits per heavy atom. The van der Waals surface area contributed by atoms with Crippen molar-refractivity contribution < 1.29 is 14.1 Å². The normalized spacial score (nSPS) is 20.8. The van der Waals surface area contributed by atoms with E-state index >= 15 is 0 Å². The molecule has 1 aliphatic rings. The van der Waals surface area contributed by atoms with Gasteiger partial charge in [0.2, 0.25) is 5.91 Å². The summed E-state index contributed by atoms with van der Waals surface area (Å²) in [4.78, 5) is 14.2. The molecule has 0 atom stereocenters. The van der Waals surface area contributed by atoms with Crippen LogP contribution in [0.5, 0.6) is 0 Å². The Morgan fingerprint density at radius 2 is 2.00 bits per heavy atom. The number of fused-ring (bicyclic) bond motifs is 3. The van der Waals surface area contributed by atoms with E-state index in [9.17, 15) is 4.79 Å². The van der Waals surface area contributed by atoms with Gasteiger partial charge in [-0.3, -0.25) is 4.79 Å². The van der Waals surface area contributed by atoms with E-state index in [4.69, 9.17) is 4.42 Å². The highest BCUT2D eigenvalue weighted by Gasteiger charge is 2.22. The van der Waals surface area contributed by atoms with Crippen LogP contribution in [-0.4, -0.2) is 31.6 Å². The number of carbonyl (C=O) groups is 1. The Labute approximate surface area is 147 Å². The predicted molar refractivity (Wildman–Crippen MR) is 99.8 cm³/mol. The number of hydrogen-bond donors (Lipinski definition) is 2. The molecule has 0 aliphatic carbocycles.